The fraction of sp³-hybridized carbons (Fsp3) is 1.00. The molecule has 0 aliphatic carbocycles. The Kier molecular flexibility index (Phi) is 3.93. The molecule has 2 aliphatic heterocycles. The van der Waals surface area contributed by atoms with Crippen molar-refractivity contribution in [2.45, 2.75) is 24.3 Å². The Labute approximate surface area is 97.6 Å². The number of thioether (sulfide) groups is 1. The van der Waals surface area contributed by atoms with Crippen molar-refractivity contribution in [1.29, 1.82) is 0 Å². The zero-order valence-corrected chi connectivity index (χ0v) is 10.9. The zero-order chi connectivity index (χ0) is 10.8. The molecule has 2 rings (SSSR count). The van der Waals surface area contributed by atoms with Crippen LogP contribution in [-0.2, 0) is 0 Å². The van der Waals surface area contributed by atoms with Crippen LogP contribution in [0.15, 0.2) is 0 Å². The molecule has 0 bridgehead atoms. The van der Waals surface area contributed by atoms with E-state index in [1.54, 1.807) is 0 Å². The molecule has 3 unspecified atom stereocenters. The highest BCUT2D eigenvalue weighted by Crippen LogP contribution is 2.22. The van der Waals surface area contributed by atoms with Gasteiger partial charge in [0.2, 0.25) is 0 Å². The number of hydrogen-bond donors (Lipinski definition) is 1. The predicted octanol–water partition coefficient (Wildman–Crippen LogP) is 0.326. The number of nitrogens with one attached hydrogen (secondary N) is 1. The van der Waals surface area contributed by atoms with Gasteiger partial charge in [-0.3, -0.25) is 4.90 Å². The molecule has 4 heteroatoms. The van der Waals surface area contributed by atoms with E-state index in [1.807, 2.05) is 11.8 Å². The lowest BCUT2D eigenvalue weighted by molar-refractivity contribution is 0.0794. The molecule has 88 valence electrons. The largest absolute Gasteiger partial charge is 0.314 e. The second-order valence-electron chi connectivity index (χ2n) is 4.82. The van der Waals surface area contributed by atoms with E-state index < -0.39 is 0 Å². The molecule has 3 atom stereocenters. The van der Waals surface area contributed by atoms with Crippen molar-refractivity contribution < 1.29 is 0 Å². The Morgan fingerprint density at radius 2 is 2.07 bits per heavy atom. The van der Waals surface area contributed by atoms with Gasteiger partial charge < -0.3 is 10.2 Å². The number of piperazine rings is 1. The second kappa shape index (κ2) is 5.04. The van der Waals surface area contributed by atoms with E-state index in [9.17, 15) is 0 Å². The molecule has 0 aromatic carbocycles. The lowest BCUT2D eigenvalue weighted by atomic mass is 10.1. The summed E-state index contributed by atoms with van der Waals surface area (Å²) < 4.78 is 0. The first-order chi connectivity index (χ1) is 7.22. The lowest BCUT2D eigenvalue weighted by Crippen LogP contribution is -2.55. The first-order valence-electron chi connectivity index (χ1n) is 5.90. The van der Waals surface area contributed by atoms with E-state index in [4.69, 9.17) is 0 Å². The third-order valence-electron chi connectivity index (χ3n) is 3.89. The number of likely N-dealkylation sites (N-methyl/N-ethyl adjacent to an activating group) is 1. The van der Waals surface area contributed by atoms with Crippen molar-refractivity contribution in [1.82, 2.24) is 15.1 Å². The van der Waals surface area contributed by atoms with E-state index in [1.165, 1.54) is 32.7 Å². The van der Waals surface area contributed by atoms with Crippen LogP contribution >= 0.6 is 11.8 Å². The van der Waals surface area contributed by atoms with E-state index in [-0.39, 0.29) is 0 Å². The summed E-state index contributed by atoms with van der Waals surface area (Å²) >= 11 is 2.02. The van der Waals surface area contributed by atoms with Gasteiger partial charge in [0.05, 0.1) is 0 Å². The van der Waals surface area contributed by atoms with Crippen molar-refractivity contribution in [3.8, 4) is 0 Å². The fourth-order valence-corrected chi connectivity index (χ4v) is 3.49. The highest BCUT2D eigenvalue weighted by Gasteiger charge is 2.34. The van der Waals surface area contributed by atoms with E-state index in [2.05, 4.69) is 35.3 Å². The van der Waals surface area contributed by atoms with Gasteiger partial charge in [-0.25, -0.2) is 0 Å². The molecule has 0 saturated carbocycles. The SMILES string of the molecule is CSC1CNCC1N1CCN(C)C(C)C1. The van der Waals surface area contributed by atoms with Crippen LogP contribution in [0, 0.1) is 0 Å². The van der Waals surface area contributed by atoms with Gasteiger partial charge >= 0.3 is 0 Å². The van der Waals surface area contributed by atoms with Crippen molar-refractivity contribution >= 4 is 11.8 Å². The first-order valence-corrected chi connectivity index (χ1v) is 7.19. The predicted molar refractivity (Wildman–Crippen MR) is 67.6 cm³/mol. The average molecular weight is 229 g/mol. The van der Waals surface area contributed by atoms with Crippen LogP contribution in [-0.4, -0.2) is 73.2 Å². The highest BCUT2D eigenvalue weighted by atomic mass is 32.2. The summed E-state index contributed by atoms with van der Waals surface area (Å²) in [5.41, 5.74) is 0. The van der Waals surface area contributed by atoms with Gasteiger partial charge in [-0.2, -0.15) is 11.8 Å². The molecule has 2 fully saturated rings. The smallest absolute Gasteiger partial charge is 0.0352 e. The summed E-state index contributed by atoms with van der Waals surface area (Å²) in [6.45, 7) is 8.40. The summed E-state index contributed by atoms with van der Waals surface area (Å²) in [4.78, 5) is 5.15. The van der Waals surface area contributed by atoms with Gasteiger partial charge in [-0.05, 0) is 20.2 Å². The van der Waals surface area contributed by atoms with Gasteiger partial charge in [0.15, 0.2) is 0 Å². The van der Waals surface area contributed by atoms with E-state index in [0.717, 1.165) is 11.3 Å². The number of rotatable bonds is 2. The second-order valence-corrected chi connectivity index (χ2v) is 5.90. The Morgan fingerprint density at radius 3 is 2.73 bits per heavy atom. The third kappa shape index (κ3) is 2.49. The average Bonchev–Trinajstić information content (AvgIpc) is 2.70. The first kappa shape index (κ1) is 11.7. The van der Waals surface area contributed by atoms with E-state index in [0.29, 0.717) is 6.04 Å². The normalized spacial score (nSPS) is 39.8. The number of hydrogen-bond acceptors (Lipinski definition) is 4. The molecule has 2 heterocycles. The molecule has 3 nitrogen and oxygen atoms in total. The molecule has 2 saturated heterocycles. The standard InChI is InChI=1S/C11H23N3S/c1-9-8-14(5-4-13(9)2)10-6-12-7-11(10)15-3/h9-12H,4-8H2,1-3H3. The van der Waals surface area contributed by atoms with Crippen molar-refractivity contribution in [2.75, 3.05) is 46.0 Å². The van der Waals surface area contributed by atoms with Crippen LogP contribution in [0.3, 0.4) is 0 Å². The Balaban J connectivity index is 1.93. The maximum Gasteiger partial charge on any atom is 0.0352 e. The molecule has 0 aromatic heterocycles. The molecule has 0 aromatic rings. The minimum Gasteiger partial charge on any atom is -0.314 e. The van der Waals surface area contributed by atoms with Gasteiger partial charge in [0, 0.05) is 50.1 Å². The summed E-state index contributed by atoms with van der Waals surface area (Å²) in [6, 6.07) is 1.47. The minimum absolute atomic E-state index is 0.710. The molecule has 0 radical (unpaired) electrons. The Bertz CT molecular complexity index is 212. The van der Waals surface area contributed by atoms with E-state index >= 15 is 0 Å². The van der Waals surface area contributed by atoms with Crippen LogP contribution < -0.4 is 5.32 Å². The molecular formula is C11H23N3S. The molecular weight excluding hydrogens is 206 g/mol. The van der Waals surface area contributed by atoms with Crippen LogP contribution in [0.4, 0.5) is 0 Å². The van der Waals surface area contributed by atoms with Crippen LogP contribution in [0.5, 0.6) is 0 Å². The van der Waals surface area contributed by atoms with Crippen molar-refractivity contribution in [3.63, 3.8) is 0 Å². The Hall–Kier alpha value is 0.230. The maximum atomic E-state index is 3.52. The molecule has 2 aliphatic rings. The van der Waals surface area contributed by atoms with Crippen LogP contribution in [0.1, 0.15) is 6.92 Å². The van der Waals surface area contributed by atoms with Crippen LogP contribution in [0.25, 0.3) is 0 Å². The Morgan fingerprint density at radius 1 is 1.27 bits per heavy atom. The molecule has 15 heavy (non-hydrogen) atoms. The lowest BCUT2D eigenvalue weighted by Gasteiger charge is -2.41. The molecule has 0 spiro atoms. The van der Waals surface area contributed by atoms with Gasteiger partial charge in [0.1, 0.15) is 0 Å². The summed E-state index contributed by atoms with van der Waals surface area (Å²) in [5.74, 6) is 0. The van der Waals surface area contributed by atoms with Gasteiger partial charge in [-0.15, -0.1) is 0 Å². The zero-order valence-electron chi connectivity index (χ0n) is 10.1. The third-order valence-corrected chi connectivity index (χ3v) is 4.98. The quantitative estimate of drug-likeness (QED) is 0.735. The molecule has 1 N–H and O–H groups in total. The topological polar surface area (TPSA) is 18.5 Å². The maximum absolute atomic E-state index is 3.52. The summed E-state index contributed by atoms with van der Waals surface area (Å²) in [7, 11) is 2.24. The van der Waals surface area contributed by atoms with Gasteiger partial charge in [0.25, 0.3) is 0 Å². The van der Waals surface area contributed by atoms with Crippen molar-refractivity contribution in [2.24, 2.45) is 0 Å². The van der Waals surface area contributed by atoms with Gasteiger partial charge in [-0.1, -0.05) is 0 Å². The highest BCUT2D eigenvalue weighted by molar-refractivity contribution is 7.99. The minimum atomic E-state index is 0.710. The molecule has 0 amide bonds. The monoisotopic (exact) mass is 229 g/mol. The fourth-order valence-electron chi connectivity index (χ4n) is 2.62. The van der Waals surface area contributed by atoms with Crippen molar-refractivity contribution in [3.05, 3.63) is 0 Å². The summed E-state index contributed by atoms with van der Waals surface area (Å²) in [5, 5.41) is 4.31. The van der Waals surface area contributed by atoms with Crippen LogP contribution in [0.2, 0.25) is 0 Å². The number of nitrogens with zero attached hydrogens (tertiary/aromatic N) is 2. The summed E-state index contributed by atoms with van der Waals surface area (Å²) in [6.07, 6.45) is 2.24.